The lowest BCUT2D eigenvalue weighted by molar-refractivity contribution is -0.112. The number of hydrogen-bond donors (Lipinski definition) is 1. The Labute approximate surface area is 93.1 Å². The van der Waals surface area contributed by atoms with Crippen LogP contribution in [-0.2, 0) is 16.2 Å². The van der Waals surface area contributed by atoms with Crippen LogP contribution in [0.4, 0.5) is 0 Å². The minimum atomic E-state index is -0.896. The third-order valence-electron chi connectivity index (χ3n) is 1.98. The molecule has 1 rings (SSSR count). The van der Waals surface area contributed by atoms with Crippen LogP contribution in [0.15, 0.2) is 29.4 Å². The van der Waals surface area contributed by atoms with E-state index < -0.39 is 11.6 Å². The molecule has 0 aliphatic carbocycles. The predicted molar refractivity (Wildman–Crippen MR) is 58.2 cm³/mol. The number of benzene rings is 1. The number of carbonyl (C=O) groups excluding carboxylic acids is 1. The van der Waals surface area contributed by atoms with Gasteiger partial charge in [0.25, 0.3) is 5.91 Å². The summed E-state index contributed by atoms with van der Waals surface area (Å²) in [5.74, 6) is -0.896. The van der Waals surface area contributed by atoms with E-state index in [9.17, 15) is 4.79 Å². The van der Waals surface area contributed by atoms with E-state index in [0.717, 1.165) is 11.1 Å². The fraction of sp³-hybridized carbons (Fsp3) is 0.182. The lowest BCUT2D eigenvalue weighted by Crippen LogP contribution is -2.21. The molecule has 0 spiro atoms. The van der Waals surface area contributed by atoms with Crippen LogP contribution in [0.5, 0.6) is 0 Å². The number of hydrogen-bond acceptors (Lipinski definition) is 4. The Morgan fingerprint density at radius 2 is 2.25 bits per heavy atom. The van der Waals surface area contributed by atoms with Crippen LogP contribution in [0, 0.1) is 18.3 Å². The molecule has 2 N–H and O–H groups in total. The van der Waals surface area contributed by atoms with Crippen LogP contribution >= 0.6 is 0 Å². The molecule has 0 saturated heterocycles. The van der Waals surface area contributed by atoms with Gasteiger partial charge in [0.05, 0.1) is 0 Å². The fourth-order valence-electron chi connectivity index (χ4n) is 1.06. The third-order valence-corrected chi connectivity index (χ3v) is 1.98. The van der Waals surface area contributed by atoms with Crippen molar-refractivity contribution in [1.29, 1.82) is 5.26 Å². The maximum absolute atomic E-state index is 10.6. The topological polar surface area (TPSA) is 88.5 Å². The molecule has 0 unspecified atom stereocenters. The van der Waals surface area contributed by atoms with Gasteiger partial charge in [-0.3, -0.25) is 4.79 Å². The molecule has 0 fully saturated rings. The molecule has 0 saturated carbocycles. The van der Waals surface area contributed by atoms with E-state index in [1.54, 1.807) is 6.07 Å². The van der Waals surface area contributed by atoms with Crippen molar-refractivity contribution in [1.82, 2.24) is 0 Å². The number of primary amides is 1. The summed E-state index contributed by atoms with van der Waals surface area (Å²) in [4.78, 5) is 15.5. The highest BCUT2D eigenvalue weighted by atomic mass is 16.6. The summed E-state index contributed by atoms with van der Waals surface area (Å²) in [5.41, 5.74) is 6.44. The number of amides is 1. The first-order valence-electron chi connectivity index (χ1n) is 4.59. The van der Waals surface area contributed by atoms with E-state index >= 15 is 0 Å². The van der Waals surface area contributed by atoms with Crippen molar-refractivity contribution >= 4 is 11.6 Å². The molecule has 0 aliphatic heterocycles. The standard InChI is InChI=1S/C11H11N3O2/c1-8-4-2-3-5-9(8)7-16-14-10(6-12)11(13)15/h2-5H,7H2,1H3,(H2,13,15). The molecule has 0 atom stereocenters. The average Bonchev–Trinajstić information content (AvgIpc) is 2.26. The van der Waals surface area contributed by atoms with E-state index in [1.807, 2.05) is 31.2 Å². The molecule has 16 heavy (non-hydrogen) atoms. The molecule has 82 valence electrons. The zero-order valence-electron chi connectivity index (χ0n) is 8.80. The van der Waals surface area contributed by atoms with Crippen molar-refractivity contribution in [2.24, 2.45) is 10.9 Å². The van der Waals surface area contributed by atoms with Gasteiger partial charge in [-0.25, -0.2) is 0 Å². The Morgan fingerprint density at radius 1 is 1.56 bits per heavy atom. The molecular formula is C11H11N3O2. The monoisotopic (exact) mass is 217 g/mol. The van der Waals surface area contributed by atoms with E-state index in [0.29, 0.717) is 0 Å². The summed E-state index contributed by atoms with van der Waals surface area (Å²) in [6, 6.07) is 9.14. The van der Waals surface area contributed by atoms with Crippen molar-refractivity contribution < 1.29 is 9.63 Å². The molecule has 1 amide bonds. The summed E-state index contributed by atoms with van der Waals surface area (Å²) in [6.45, 7) is 2.13. The van der Waals surface area contributed by atoms with Gasteiger partial charge in [0.2, 0.25) is 5.71 Å². The molecule has 0 aliphatic rings. The maximum atomic E-state index is 10.6. The number of oxime groups is 1. The average molecular weight is 217 g/mol. The van der Waals surface area contributed by atoms with Crippen molar-refractivity contribution in [3.63, 3.8) is 0 Å². The number of nitriles is 1. The van der Waals surface area contributed by atoms with E-state index in [2.05, 4.69) is 5.16 Å². The number of nitrogens with zero attached hydrogens (tertiary/aromatic N) is 2. The van der Waals surface area contributed by atoms with Crippen LogP contribution in [0.3, 0.4) is 0 Å². The fourth-order valence-corrected chi connectivity index (χ4v) is 1.06. The quantitative estimate of drug-likeness (QED) is 0.599. The molecule has 1 aromatic carbocycles. The van der Waals surface area contributed by atoms with E-state index in [-0.39, 0.29) is 6.61 Å². The van der Waals surface area contributed by atoms with E-state index in [1.165, 1.54) is 0 Å². The van der Waals surface area contributed by atoms with Crippen LogP contribution in [0.1, 0.15) is 11.1 Å². The van der Waals surface area contributed by atoms with E-state index in [4.69, 9.17) is 15.8 Å². The first-order valence-corrected chi connectivity index (χ1v) is 4.59. The second-order valence-corrected chi connectivity index (χ2v) is 3.12. The number of carbonyl (C=O) groups is 1. The Bertz CT molecular complexity index is 461. The minimum Gasteiger partial charge on any atom is -0.390 e. The van der Waals surface area contributed by atoms with Gasteiger partial charge in [-0.2, -0.15) is 5.26 Å². The van der Waals surface area contributed by atoms with Gasteiger partial charge in [0.15, 0.2) is 0 Å². The van der Waals surface area contributed by atoms with Crippen molar-refractivity contribution in [2.45, 2.75) is 13.5 Å². The summed E-state index contributed by atoms with van der Waals surface area (Å²) < 4.78 is 0. The maximum Gasteiger partial charge on any atom is 0.281 e. The van der Waals surface area contributed by atoms with Gasteiger partial charge in [0, 0.05) is 0 Å². The van der Waals surface area contributed by atoms with Gasteiger partial charge in [-0.1, -0.05) is 29.4 Å². The SMILES string of the molecule is Cc1ccccc1CON=C(C#N)C(N)=O. The predicted octanol–water partition coefficient (Wildman–Crippen LogP) is 0.877. The Hall–Kier alpha value is -2.35. The van der Waals surface area contributed by atoms with Gasteiger partial charge >= 0.3 is 0 Å². The van der Waals surface area contributed by atoms with Gasteiger partial charge in [-0.15, -0.1) is 0 Å². The first kappa shape index (κ1) is 11.7. The minimum absolute atomic E-state index is 0.200. The summed E-state index contributed by atoms with van der Waals surface area (Å²) in [7, 11) is 0. The molecular weight excluding hydrogens is 206 g/mol. The third kappa shape index (κ3) is 3.10. The van der Waals surface area contributed by atoms with Crippen LogP contribution in [0.2, 0.25) is 0 Å². The zero-order valence-corrected chi connectivity index (χ0v) is 8.80. The highest BCUT2D eigenvalue weighted by Gasteiger charge is 2.05. The smallest absolute Gasteiger partial charge is 0.281 e. The summed E-state index contributed by atoms with van der Waals surface area (Å²) in [5, 5.41) is 11.8. The molecule has 0 aromatic heterocycles. The Kier molecular flexibility index (Phi) is 4.04. The van der Waals surface area contributed by atoms with Gasteiger partial charge < -0.3 is 10.6 Å². The highest BCUT2D eigenvalue weighted by molar-refractivity contribution is 6.44. The first-order chi connectivity index (χ1) is 7.65. The molecule has 1 aromatic rings. The number of aryl methyl sites for hydroxylation is 1. The van der Waals surface area contributed by atoms with Crippen molar-refractivity contribution in [3.8, 4) is 6.07 Å². The Balaban J connectivity index is 2.63. The van der Waals surface area contributed by atoms with Crippen molar-refractivity contribution in [2.75, 3.05) is 0 Å². The Morgan fingerprint density at radius 3 is 2.81 bits per heavy atom. The normalized spacial score (nSPS) is 10.6. The number of rotatable bonds is 4. The lowest BCUT2D eigenvalue weighted by atomic mass is 10.1. The number of nitrogens with two attached hydrogens (primary N) is 1. The molecule has 5 nitrogen and oxygen atoms in total. The van der Waals surface area contributed by atoms with Crippen LogP contribution in [0.25, 0.3) is 0 Å². The molecule has 0 radical (unpaired) electrons. The van der Waals surface area contributed by atoms with Gasteiger partial charge in [-0.05, 0) is 18.1 Å². The molecule has 0 heterocycles. The molecule has 5 heteroatoms. The highest BCUT2D eigenvalue weighted by Crippen LogP contribution is 2.08. The van der Waals surface area contributed by atoms with Crippen molar-refractivity contribution in [3.05, 3.63) is 35.4 Å². The zero-order chi connectivity index (χ0) is 12.0. The lowest BCUT2D eigenvalue weighted by Gasteiger charge is -2.03. The van der Waals surface area contributed by atoms with Crippen LogP contribution in [-0.4, -0.2) is 11.6 Å². The van der Waals surface area contributed by atoms with Gasteiger partial charge in [0.1, 0.15) is 12.7 Å². The second kappa shape index (κ2) is 5.51. The summed E-state index contributed by atoms with van der Waals surface area (Å²) in [6.07, 6.45) is 0. The molecule has 0 bridgehead atoms. The van der Waals surface area contributed by atoms with Crippen LogP contribution < -0.4 is 5.73 Å². The second-order valence-electron chi connectivity index (χ2n) is 3.12. The largest absolute Gasteiger partial charge is 0.390 e. The summed E-state index contributed by atoms with van der Waals surface area (Å²) >= 11 is 0.